The first kappa shape index (κ1) is 23.6. The summed E-state index contributed by atoms with van der Waals surface area (Å²) in [5, 5.41) is 2.97. The number of benzene rings is 2. The minimum atomic E-state index is -3.25. The number of ether oxygens (including phenoxy) is 3. The van der Waals surface area contributed by atoms with E-state index in [0.29, 0.717) is 35.7 Å². The van der Waals surface area contributed by atoms with Crippen molar-refractivity contribution in [2.24, 2.45) is 0 Å². The maximum Gasteiger partial charge on any atom is 0.337 e. The Bertz CT molecular complexity index is 1080. The molecule has 32 heavy (non-hydrogen) atoms. The minimum Gasteiger partial charge on any atom is -0.493 e. The monoisotopic (exact) mass is 461 g/mol. The third-order valence-corrected chi connectivity index (χ3v) is 7.18. The molecule has 8 nitrogen and oxygen atoms in total. The molecule has 0 bridgehead atoms. The number of methoxy groups -OCH3 is 2. The normalized spacial score (nSPS) is 19.6. The Kier molecular flexibility index (Phi) is 7.40. The second-order valence-electron chi connectivity index (χ2n) is 7.50. The first-order chi connectivity index (χ1) is 15.3. The zero-order valence-corrected chi connectivity index (χ0v) is 19.1. The number of carbonyl (C=O) groups excluding carboxylic acids is 2. The molecule has 1 amide bonds. The maximum atomic E-state index is 12.9. The minimum absolute atomic E-state index is 0.00416. The van der Waals surface area contributed by atoms with Crippen LogP contribution < -0.4 is 14.8 Å². The second-order valence-corrected chi connectivity index (χ2v) is 9.73. The van der Waals surface area contributed by atoms with Crippen molar-refractivity contribution in [3.8, 4) is 11.5 Å². The van der Waals surface area contributed by atoms with Gasteiger partial charge in [0, 0.05) is 17.5 Å². The van der Waals surface area contributed by atoms with Gasteiger partial charge in [0.15, 0.2) is 21.3 Å². The number of sulfone groups is 1. The summed E-state index contributed by atoms with van der Waals surface area (Å²) in [5.74, 6) is -0.244. The van der Waals surface area contributed by atoms with Gasteiger partial charge in [-0.05, 0) is 55.3 Å². The zero-order valence-electron chi connectivity index (χ0n) is 18.3. The van der Waals surface area contributed by atoms with Gasteiger partial charge in [0.1, 0.15) is 0 Å². The fourth-order valence-electron chi connectivity index (χ4n) is 3.80. The Hall–Kier alpha value is -3.07. The molecule has 1 saturated heterocycles. The van der Waals surface area contributed by atoms with Gasteiger partial charge in [-0.25, -0.2) is 13.2 Å². The lowest BCUT2D eigenvalue weighted by Crippen LogP contribution is -2.46. The summed E-state index contributed by atoms with van der Waals surface area (Å²) in [6.07, 6.45) is 0.301. The lowest BCUT2D eigenvalue weighted by molar-refractivity contribution is 0.0600. The Morgan fingerprint density at radius 2 is 1.72 bits per heavy atom. The van der Waals surface area contributed by atoms with E-state index in [9.17, 15) is 18.0 Å². The van der Waals surface area contributed by atoms with Gasteiger partial charge in [-0.15, -0.1) is 0 Å². The molecule has 9 heteroatoms. The van der Waals surface area contributed by atoms with Crippen molar-refractivity contribution in [1.82, 2.24) is 5.32 Å². The molecule has 1 fully saturated rings. The molecule has 1 aliphatic heterocycles. The molecule has 1 aliphatic rings. The summed E-state index contributed by atoms with van der Waals surface area (Å²) >= 11 is 0. The lowest BCUT2D eigenvalue weighted by atomic mass is 9.90. The van der Waals surface area contributed by atoms with Crippen LogP contribution in [0.25, 0.3) is 0 Å². The van der Waals surface area contributed by atoms with E-state index in [2.05, 4.69) is 10.1 Å². The van der Waals surface area contributed by atoms with Gasteiger partial charge in [0.2, 0.25) is 0 Å². The molecule has 1 N–H and O–H groups in total. The van der Waals surface area contributed by atoms with Crippen LogP contribution in [0.2, 0.25) is 0 Å². The Morgan fingerprint density at radius 3 is 2.34 bits per heavy atom. The molecule has 3 rings (SSSR count). The third kappa shape index (κ3) is 5.40. The average Bonchev–Trinajstić information content (AvgIpc) is 2.79. The standard InChI is InChI=1S/C23H27NO7S/c1-4-31-21-13-17(9-10-20(21)29-2)18-14-32(27,28)12-11-19(18)24-22(25)15-5-7-16(8-6-15)23(26)30-3/h5-10,13,18-19H,4,11-12,14H2,1-3H3,(H,24,25)/t18-,19-/m1/s1. The molecule has 1 heterocycles. The number of amides is 1. The van der Waals surface area contributed by atoms with E-state index in [1.165, 1.54) is 38.5 Å². The largest absolute Gasteiger partial charge is 0.493 e. The fraction of sp³-hybridized carbons (Fsp3) is 0.391. The summed E-state index contributed by atoms with van der Waals surface area (Å²) in [6, 6.07) is 11.0. The molecule has 0 unspecified atom stereocenters. The predicted octanol–water partition coefficient (Wildman–Crippen LogP) is 2.58. The van der Waals surface area contributed by atoms with Crippen molar-refractivity contribution in [3.05, 3.63) is 59.2 Å². The molecule has 0 aromatic heterocycles. The SMILES string of the molecule is CCOc1cc([C@H]2CS(=O)(=O)CC[C@H]2NC(=O)c2ccc(C(=O)OC)cc2)ccc1OC. The quantitative estimate of drug-likeness (QED) is 0.632. The summed E-state index contributed by atoms with van der Waals surface area (Å²) in [6.45, 7) is 2.29. The smallest absolute Gasteiger partial charge is 0.337 e. The van der Waals surface area contributed by atoms with Gasteiger partial charge in [0.25, 0.3) is 5.91 Å². The summed E-state index contributed by atoms with van der Waals surface area (Å²) in [4.78, 5) is 24.4. The molecule has 2 aromatic rings. The van der Waals surface area contributed by atoms with Crippen LogP contribution in [0.4, 0.5) is 0 Å². The summed E-state index contributed by atoms with van der Waals surface area (Å²) < 4.78 is 40.4. The maximum absolute atomic E-state index is 12.9. The van der Waals surface area contributed by atoms with Gasteiger partial charge in [-0.2, -0.15) is 0 Å². The van der Waals surface area contributed by atoms with E-state index in [1.807, 2.05) is 6.92 Å². The van der Waals surface area contributed by atoms with E-state index in [-0.39, 0.29) is 23.5 Å². The van der Waals surface area contributed by atoms with Crippen LogP contribution in [-0.2, 0) is 14.6 Å². The van der Waals surface area contributed by atoms with Crippen molar-refractivity contribution >= 4 is 21.7 Å². The zero-order chi connectivity index (χ0) is 23.3. The molecule has 2 aromatic carbocycles. The second kappa shape index (κ2) is 10.0. The van der Waals surface area contributed by atoms with Gasteiger partial charge >= 0.3 is 5.97 Å². The molecule has 0 aliphatic carbocycles. The van der Waals surface area contributed by atoms with Gasteiger partial charge < -0.3 is 19.5 Å². The van der Waals surface area contributed by atoms with Crippen molar-refractivity contribution in [2.45, 2.75) is 25.3 Å². The summed E-state index contributed by atoms with van der Waals surface area (Å²) in [7, 11) is -0.420. The van der Waals surface area contributed by atoms with E-state index in [0.717, 1.165) is 5.56 Å². The van der Waals surface area contributed by atoms with Gasteiger partial charge in [0.05, 0.1) is 37.9 Å². The number of hydrogen-bond donors (Lipinski definition) is 1. The number of nitrogens with one attached hydrogen (secondary N) is 1. The molecule has 0 radical (unpaired) electrons. The van der Waals surface area contributed by atoms with Crippen molar-refractivity contribution in [3.63, 3.8) is 0 Å². The van der Waals surface area contributed by atoms with Gasteiger partial charge in [-0.3, -0.25) is 4.79 Å². The third-order valence-electron chi connectivity index (χ3n) is 5.46. The highest BCUT2D eigenvalue weighted by molar-refractivity contribution is 7.91. The van der Waals surface area contributed by atoms with E-state index in [1.54, 1.807) is 18.2 Å². The molecular weight excluding hydrogens is 434 g/mol. The number of rotatable bonds is 7. The van der Waals surface area contributed by atoms with E-state index in [4.69, 9.17) is 9.47 Å². The number of esters is 1. The number of carbonyl (C=O) groups is 2. The summed E-state index contributed by atoms with van der Waals surface area (Å²) in [5.41, 5.74) is 1.46. The highest BCUT2D eigenvalue weighted by Crippen LogP contribution is 2.35. The van der Waals surface area contributed by atoms with Crippen molar-refractivity contribution in [2.75, 3.05) is 32.3 Å². The van der Waals surface area contributed by atoms with Crippen LogP contribution in [0.1, 0.15) is 45.5 Å². The van der Waals surface area contributed by atoms with Crippen LogP contribution in [0, 0.1) is 0 Å². The average molecular weight is 462 g/mol. The van der Waals surface area contributed by atoms with Gasteiger partial charge in [-0.1, -0.05) is 6.07 Å². The van der Waals surface area contributed by atoms with Crippen LogP contribution in [0.3, 0.4) is 0 Å². The topological polar surface area (TPSA) is 108 Å². The van der Waals surface area contributed by atoms with Crippen LogP contribution >= 0.6 is 0 Å². The Morgan fingerprint density at radius 1 is 1.03 bits per heavy atom. The van der Waals surface area contributed by atoms with Crippen LogP contribution in [0.15, 0.2) is 42.5 Å². The van der Waals surface area contributed by atoms with Crippen LogP contribution in [-0.4, -0.2) is 58.7 Å². The molecule has 0 spiro atoms. The Labute approximate surface area is 187 Å². The highest BCUT2D eigenvalue weighted by atomic mass is 32.2. The lowest BCUT2D eigenvalue weighted by Gasteiger charge is -2.32. The molecular formula is C23H27NO7S. The van der Waals surface area contributed by atoms with E-state index < -0.39 is 21.7 Å². The number of hydrogen-bond acceptors (Lipinski definition) is 7. The molecule has 0 saturated carbocycles. The molecule has 2 atom stereocenters. The van der Waals surface area contributed by atoms with Crippen molar-refractivity contribution < 1.29 is 32.2 Å². The predicted molar refractivity (Wildman–Crippen MR) is 119 cm³/mol. The first-order valence-corrected chi connectivity index (χ1v) is 12.1. The fourth-order valence-corrected chi connectivity index (χ4v) is 5.55. The Balaban J connectivity index is 1.85. The highest BCUT2D eigenvalue weighted by Gasteiger charge is 2.35. The molecule has 172 valence electrons. The van der Waals surface area contributed by atoms with E-state index >= 15 is 0 Å². The van der Waals surface area contributed by atoms with Crippen molar-refractivity contribution in [1.29, 1.82) is 0 Å². The first-order valence-electron chi connectivity index (χ1n) is 10.3. The van der Waals surface area contributed by atoms with Crippen LogP contribution in [0.5, 0.6) is 11.5 Å².